The van der Waals surface area contributed by atoms with Gasteiger partial charge in [0.1, 0.15) is 11.3 Å². The predicted molar refractivity (Wildman–Crippen MR) is 118 cm³/mol. The van der Waals surface area contributed by atoms with Crippen LogP contribution in [-0.4, -0.2) is 25.0 Å². The number of amides is 4. The fourth-order valence-corrected chi connectivity index (χ4v) is 4.88. The van der Waals surface area contributed by atoms with Crippen molar-refractivity contribution in [1.29, 1.82) is 0 Å². The van der Waals surface area contributed by atoms with Gasteiger partial charge in [0, 0.05) is 0 Å². The first-order chi connectivity index (χ1) is 13.2. The molecule has 144 valence electrons. The van der Waals surface area contributed by atoms with E-state index in [4.69, 9.17) is 4.74 Å². The minimum absolute atomic E-state index is 0.119. The Morgan fingerprint density at radius 1 is 1.07 bits per heavy atom. The lowest BCUT2D eigenvalue weighted by molar-refractivity contribution is -0.122. The molecular weight excluding hydrogens is 539 g/mol. The number of anilines is 1. The highest BCUT2D eigenvalue weighted by Gasteiger charge is 2.37. The van der Waals surface area contributed by atoms with Crippen molar-refractivity contribution in [3.8, 4) is 5.75 Å². The summed E-state index contributed by atoms with van der Waals surface area (Å²) < 4.78 is 6.81. The van der Waals surface area contributed by atoms with Gasteiger partial charge in [-0.25, -0.2) is 9.69 Å². The van der Waals surface area contributed by atoms with E-state index >= 15 is 0 Å². The lowest BCUT2D eigenvalue weighted by Gasteiger charge is -2.27. The second-order valence-electron chi connectivity index (χ2n) is 6.32. The number of carbonyl (C=O) groups excluding carboxylic acids is 3. The van der Waals surface area contributed by atoms with E-state index in [1.807, 2.05) is 19.9 Å². The third-order valence-corrected chi connectivity index (χ3v) is 5.49. The van der Waals surface area contributed by atoms with Gasteiger partial charge in [0.25, 0.3) is 11.8 Å². The average molecular weight is 555 g/mol. The van der Waals surface area contributed by atoms with Crippen LogP contribution in [0.5, 0.6) is 5.75 Å². The molecule has 0 unspecified atom stereocenters. The highest BCUT2D eigenvalue weighted by Crippen LogP contribution is 2.33. The second-order valence-corrected chi connectivity index (χ2v) is 8.34. The summed E-state index contributed by atoms with van der Waals surface area (Å²) in [6.07, 6.45) is 1.46. The molecule has 3 rings (SSSR count). The molecular formula is C20H16BrIN2O4. The molecule has 8 heteroatoms. The molecule has 1 N–H and O–H groups in total. The number of methoxy groups -OCH3 is 1. The highest BCUT2D eigenvalue weighted by molar-refractivity contribution is 14.1. The molecule has 1 aliphatic rings. The fourth-order valence-electron chi connectivity index (χ4n) is 3.00. The molecule has 6 nitrogen and oxygen atoms in total. The van der Waals surface area contributed by atoms with Crippen LogP contribution in [0.4, 0.5) is 10.5 Å². The van der Waals surface area contributed by atoms with Gasteiger partial charge in [-0.2, -0.15) is 0 Å². The number of ether oxygens (including phenoxy) is 1. The van der Waals surface area contributed by atoms with Crippen molar-refractivity contribution < 1.29 is 19.1 Å². The first-order valence-electron chi connectivity index (χ1n) is 8.24. The first-order valence-corrected chi connectivity index (χ1v) is 10.1. The summed E-state index contributed by atoms with van der Waals surface area (Å²) in [6.45, 7) is 3.75. The molecule has 2 aromatic rings. The van der Waals surface area contributed by atoms with Gasteiger partial charge in [0.15, 0.2) is 0 Å². The Bertz CT molecular complexity index is 1010. The van der Waals surface area contributed by atoms with Crippen LogP contribution >= 0.6 is 38.5 Å². The Balaban J connectivity index is 2.06. The zero-order valence-corrected chi connectivity index (χ0v) is 19.0. The molecule has 28 heavy (non-hydrogen) atoms. The Morgan fingerprint density at radius 3 is 2.29 bits per heavy atom. The minimum atomic E-state index is -0.761. The molecule has 0 atom stereocenters. The number of imide groups is 2. The molecule has 1 aliphatic heterocycles. The number of hydrogen-bond acceptors (Lipinski definition) is 4. The smallest absolute Gasteiger partial charge is 0.335 e. The maximum atomic E-state index is 13.0. The summed E-state index contributed by atoms with van der Waals surface area (Å²) >= 11 is 5.52. The second kappa shape index (κ2) is 8.04. The van der Waals surface area contributed by atoms with Gasteiger partial charge in [0.2, 0.25) is 0 Å². The van der Waals surface area contributed by atoms with Crippen LogP contribution in [0.1, 0.15) is 16.7 Å². The molecule has 0 aliphatic carbocycles. The topological polar surface area (TPSA) is 75.7 Å². The molecule has 2 aromatic carbocycles. The van der Waals surface area contributed by atoms with Gasteiger partial charge in [-0.05, 0) is 99.4 Å². The van der Waals surface area contributed by atoms with Crippen molar-refractivity contribution in [2.75, 3.05) is 12.0 Å². The molecule has 1 fully saturated rings. The van der Waals surface area contributed by atoms with E-state index in [2.05, 4.69) is 43.8 Å². The number of benzene rings is 2. The molecule has 0 bridgehead atoms. The van der Waals surface area contributed by atoms with Crippen molar-refractivity contribution in [2.45, 2.75) is 13.8 Å². The number of barbiturate groups is 1. The van der Waals surface area contributed by atoms with Crippen LogP contribution in [0, 0.1) is 17.4 Å². The summed E-state index contributed by atoms with van der Waals surface area (Å²) in [5, 5.41) is 2.24. The van der Waals surface area contributed by atoms with Gasteiger partial charge in [-0.1, -0.05) is 6.07 Å². The van der Waals surface area contributed by atoms with E-state index in [1.54, 1.807) is 31.4 Å². The molecule has 0 aromatic heterocycles. The van der Waals surface area contributed by atoms with Crippen LogP contribution in [0.15, 0.2) is 40.4 Å². The Morgan fingerprint density at radius 2 is 1.71 bits per heavy atom. The van der Waals surface area contributed by atoms with E-state index in [9.17, 15) is 14.4 Å². The van der Waals surface area contributed by atoms with E-state index in [-0.39, 0.29) is 5.57 Å². The first kappa shape index (κ1) is 20.5. The number of rotatable bonds is 3. The quantitative estimate of drug-likeness (QED) is 0.348. The molecule has 0 saturated carbocycles. The van der Waals surface area contributed by atoms with Crippen molar-refractivity contribution in [2.24, 2.45) is 0 Å². The monoisotopic (exact) mass is 554 g/mol. The van der Waals surface area contributed by atoms with Crippen LogP contribution in [0.3, 0.4) is 0 Å². The van der Waals surface area contributed by atoms with E-state index in [1.165, 1.54) is 6.08 Å². The number of hydrogen-bond donors (Lipinski definition) is 1. The minimum Gasteiger partial charge on any atom is -0.494 e. The standard InChI is InChI=1S/C20H16BrIN2O4/c1-10-4-11(2)6-13(5-10)24-19(26)14(18(25)23-20(24)27)7-12-8-15(21)17(28-3)16(22)9-12/h4-9H,1-3H3,(H,23,25,27)/b14-7+. The maximum absolute atomic E-state index is 13.0. The molecule has 1 heterocycles. The van der Waals surface area contributed by atoms with Crippen molar-refractivity contribution in [3.05, 3.63) is 60.6 Å². The lowest BCUT2D eigenvalue weighted by Crippen LogP contribution is -2.54. The SMILES string of the molecule is COc1c(Br)cc(/C=C2\C(=O)NC(=O)N(c3cc(C)cc(C)c3)C2=O)cc1I. The zero-order valence-electron chi connectivity index (χ0n) is 15.3. The van der Waals surface area contributed by atoms with Gasteiger partial charge in [-0.15, -0.1) is 0 Å². The number of nitrogens with zero attached hydrogens (tertiary/aromatic N) is 1. The van der Waals surface area contributed by atoms with Gasteiger partial charge in [0.05, 0.1) is 20.8 Å². The third-order valence-electron chi connectivity index (χ3n) is 4.10. The fraction of sp³-hybridized carbons (Fsp3) is 0.150. The number of urea groups is 1. The van der Waals surface area contributed by atoms with Crippen LogP contribution in [0.2, 0.25) is 0 Å². The summed E-state index contributed by atoms with van der Waals surface area (Å²) in [6, 6.07) is 8.16. The Labute approximate surface area is 184 Å². The lowest BCUT2D eigenvalue weighted by atomic mass is 10.1. The largest absolute Gasteiger partial charge is 0.494 e. The van der Waals surface area contributed by atoms with E-state index in [0.29, 0.717) is 21.5 Å². The Kier molecular flexibility index (Phi) is 5.90. The van der Waals surface area contributed by atoms with Crippen LogP contribution in [0.25, 0.3) is 6.08 Å². The highest BCUT2D eigenvalue weighted by atomic mass is 127. The van der Waals surface area contributed by atoms with E-state index in [0.717, 1.165) is 19.6 Å². The zero-order chi connectivity index (χ0) is 20.6. The number of aryl methyl sites for hydroxylation is 2. The summed E-state index contributed by atoms with van der Waals surface area (Å²) in [5.74, 6) is -0.729. The average Bonchev–Trinajstić information content (AvgIpc) is 2.57. The molecule has 1 saturated heterocycles. The maximum Gasteiger partial charge on any atom is 0.335 e. The normalized spacial score (nSPS) is 15.8. The summed E-state index contributed by atoms with van der Waals surface area (Å²) in [5.41, 5.74) is 2.75. The van der Waals surface area contributed by atoms with Gasteiger partial charge < -0.3 is 4.74 Å². The number of halogens is 2. The summed E-state index contributed by atoms with van der Waals surface area (Å²) in [7, 11) is 1.56. The van der Waals surface area contributed by atoms with Crippen molar-refractivity contribution in [1.82, 2.24) is 5.32 Å². The van der Waals surface area contributed by atoms with Crippen LogP contribution in [-0.2, 0) is 9.59 Å². The van der Waals surface area contributed by atoms with Crippen molar-refractivity contribution >= 4 is 68.1 Å². The Hall–Kier alpha value is -2.20. The molecule has 0 radical (unpaired) electrons. The molecule has 4 amide bonds. The molecule has 0 spiro atoms. The van der Waals surface area contributed by atoms with Gasteiger partial charge >= 0.3 is 6.03 Å². The number of carbonyl (C=O) groups is 3. The van der Waals surface area contributed by atoms with Crippen molar-refractivity contribution in [3.63, 3.8) is 0 Å². The van der Waals surface area contributed by atoms with Gasteiger partial charge in [-0.3, -0.25) is 14.9 Å². The number of nitrogens with one attached hydrogen (secondary N) is 1. The van der Waals surface area contributed by atoms with Crippen LogP contribution < -0.4 is 15.0 Å². The summed E-state index contributed by atoms with van der Waals surface area (Å²) in [4.78, 5) is 38.7. The predicted octanol–water partition coefficient (Wildman–Crippen LogP) is 4.35. The third kappa shape index (κ3) is 3.97. The van der Waals surface area contributed by atoms with E-state index < -0.39 is 17.8 Å².